The maximum Gasteiger partial charge on any atom is 0.417 e. The van der Waals surface area contributed by atoms with Crippen LogP contribution in [0.3, 0.4) is 0 Å². The number of aryl methyl sites for hydroxylation is 1. The Balaban J connectivity index is 0.000000561. The number of hydrogen-bond acceptors (Lipinski definition) is 9. The summed E-state index contributed by atoms with van der Waals surface area (Å²) in [5, 5.41) is 0. The van der Waals surface area contributed by atoms with Gasteiger partial charge in [0.25, 0.3) is 0 Å². The summed E-state index contributed by atoms with van der Waals surface area (Å²) in [5.74, 6) is -4.33. The highest BCUT2D eigenvalue weighted by Gasteiger charge is 2.19. The summed E-state index contributed by atoms with van der Waals surface area (Å²) < 4.78 is 12.2. The molecule has 0 N–H and O–H groups in total. The van der Waals surface area contributed by atoms with E-state index in [-0.39, 0.29) is 5.69 Å². The van der Waals surface area contributed by atoms with Gasteiger partial charge in [-0.3, -0.25) is 14.6 Å². The van der Waals surface area contributed by atoms with Crippen LogP contribution >= 0.6 is 0 Å². The molecular formula is C15H17NO8. The summed E-state index contributed by atoms with van der Waals surface area (Å²) in [6.07, 6.45) is 1.01. The lowest BCUT2D eigenvalue weighted by Gasteiger charge is -1.99. The van der Waals surface area contributed by atoms with Crippen molar-refractivity contribution >= 4 is 29.5 Å². The number of ether oxygens (including phenoxy) is 3. The second-order valence-electron chi connectivity index (χ2n) is 4.22. The van der Waals surface area contributed by atoms with Crippen LogP contribution in [0.4, 0.5) is 0 Å². The standard InChI is InChI=1S/C11H11NO4.C4H6O4/c1-7-3-4-8(12-6-7)9(13)5-10(14)11(15)16-2;1-7-3(5)4(6)8-2/h3-4,6H,5H2,1-2H3;1-2H3. The first-order chi connectivity index (χ1) is 11.3. The zero-order chi connectivity index (χ0) is 18.7. The second kappa shape index (κ2) is 10.6. The Bertz CT molecular complexity index is 607. The molecule has 0 aliphatic carbocycles. The summed E-state index contributed by atoms with van der Waals surface area (Å²) in [7, 11) is 3.31. The largest absolute Gasteiger partial charge is 0.463 e. The van der Waals surface area contributed by atoms with Gasteiger partial charge in [0.2, 0.25) is 5.78 Å². The van der Waals surface area contributed by atoms with E-state index in [2.05, 4.69) is 19.2 Å². The molecular weight excluding hydrogens is 322 g/mol. The smallest absolute Gasteiger partial charge is 0.417 e. The predicted molar refractivity (Wildman–Crippen MR) is 79.0 cm³/mol. The first kappa shape index (κ1) is 20.9. The van der Waals surface area contributed by atoms with Gasteiger partial charge >= 0.3 is 17.9 Å². The SMILES string of the molecule is COC(=O)C(=O)CC(=O)c1ccc(C)cn1.COC(=O)C(=O)OC. The Morgan fingerprint density at radius 2 is 1.38 bits per heavy atom. The number of ketones is 2. The number of hydrogen-bond donors (Lipinski definition) is 0. The van der Waals surface area contributed by atoms with E-state index in [9.17, 15) is 24.0 Å². The van der Waals surface area contributed by atoms with E-state index in [1.807, 2.05) is 6.92 Å². The van der Waals surface area contributed by atoms with Crippen LogP contribution in [-0.2, 0) is 33.4 Å². The summed E-state index contributed by atoms with van der Waals surface area (Å²) in [6.45, 7) is 1.83. The summed E-state index contributed by atoms with van der Waals surface area (Å²) in [5.41, 5.74) is 1.08. The summed E-state index contributed by atoms with van der Waals surface area (Å²) in [4.78, 5) is 57.3. The molecule has 1 aromatic rings. The first-order valence-corrected chi connectivity index (χ1v) is 6.50. The predicted octanol–water partition coefficient (Wildman–Crippen LogP) is 0.0373. The molecule has 0 saturated carbocycles. The molecule has 0 aliphatic rings. The quantitative estimate of drug-likeness (QED) is 0.245. The molecule has 1 heterocycles. The Morgan fingerprint density at radius 3 is 1.75 bits per heavy atom. The van der Waals surface area contributed by atoms with E-state index in [1.54, 1.807) is 6.07 Å². The number of carbonyl (C=O) groups excluding carboxylic acids is 5. The molecule has 0 aromatic carbocycles. The Labute approximate surface area is 137 Å². The number of Topliss-reactive ketones (excluding diaryl/α,β-unsaturated/α-hetero) is 2. The van der Waals surface area contributed by atoms with Gasteiger partial charge in [0.1, 0.15) is 5.69 Å². The first-order valence-electron chi connectivity index (χ1n) is 6.50. The minimum atomic E-state index is -1.01. The van der Waals surface area contributed by atoms with Gasteiger partial charge in [-0.1, -0.05) is 6.07 Å². The van der Waals surface area contributed by atoms with Crippen LogP contribution in [0.15, 0.2) is 18.3 Å². The number of esters is 3. The molecule has 0 aliphatic heterocycles. The van der Waals surface area contributed by atoms with Gasteiger partial charge in [0.15, 0.2) is 5.78 Å². The maximum absolute atomic E-state index is 11.5. The van der Waals surface area contributed by atoms with Crippen molar-refractivity contribution in [2.24, 2.45) is 0 Å². The monoisotopic (exact) mass is 339 g/mol. The number of rotatable bonds is 4. The van der Waals surface area contributed by atoms with Crippen molar-refractivity contribution in [2.75, 3.05) is 21.3 Å². The van der Waals surface area contributed by atoms with Crippen LogP contribution in [-0.4, -0.2) is 55.8 Å². The number of methoxy groups -OCH3 is 3. The Morgan fingerprint density at radius 1 is 0.875 bits per heavy atom. The van der Waals surface area contributed by atoms with Crippen molar-refractivity contribution < 1.29 is 38.2 Å². The van der Waals surface area contributed by atoms with Gasteiger partial charge in [-0.2, -0.15) is 0 Å². The van der Waals surface area contributed by atoms with Crippen LogP contribution in [0.25, 0.3) is 0 Å². The van der Waals surface area contributed by atoms with E-state index in [4.69, 9.17) is 0 Å². The summed E-state index contributed by atoms with van der Waals surface area (Å²) in [6, 6.07) is 3.23. The molecule has 0 bridgehead atoms. The van der Waals surface area contributed by atoms with Crippen molar-refractivity contribution in [1.82, 2.24) is 4.98 Å². The maximum atomic E-state index is 11.5. The van der Waals surface area contributed by atoms with E-state index >= 15 is 0 Å². The third-order valence-electron chi connectivity index (χ3n) is 2.47. The zero-order valence-electron chi connectivity index (χ0n) is 13.7. The molecule has 0 radical (unpaired) electrons. The van der Waals surface area contributed by atoms with Crippen molar-refractivity contribution in [3.8, 4) is 0 Å². The van der Waals surface area contributed by atoms with Gasteiger partial charge in [0, 0.05) is 6.20 Å². The molecule has 130 valence electrons. The summed E-state index contributed by atoms with van der Waals surface area (Å²) >= 11 is 0. The average molecular weight is 339 g/mol. The molecule has 0 spiro atoms. The molecule has 0 unspecified atom stereocenters. The third kappa shape index (κ3) is 7.25. The van der Waals surface area contributed by atoms with Gasteiger partial charge in [-0.25, -0.2) is 14.4 Å². The zero-order valence-corrected chi connectivity index (χ0v) is 13.7. The lowest BCUT2D eigenvalue weighted by atomic mass is 10.1. The minimum absolute atomic E-state index is 0.169. The van der Waals surface area contributed by atoms with Crippen molar-refractivity contribution in [1.29, 1.82) is 0 Å². The van der Waals surface area contributed by atoms with Crippen molar-refractivity contribution in [2.45, 2.75) is 13.3 Å². The highest BCUT2D eigenvalue weighted by Crippen LogP contribution is 2.03. The lowest BCUT2D eigenvalue weighted by Crippen LogP contribution is -2.19. The molecule has 0 fully saturated rings. The molecule has 0 saturated heterocycles. The van der Waals surface area contributed by atoms with Crippen LogP contribution in [0, 0.1) is 6.92 Å². The lowest BCUT2D eigenvalue weighted by molar-refractivity contribution is -0.164. The van der Waals surface area contributed by atoms with E-state index in [0.717, 1.165) is 26.9 Å². The number of aromatic nitrogens is 1. The molecule has 0 atom stereocenters. The molecule has 9 heteroatoms. The molecule has 1 aromatic heterocycles. The Hall–Kier alpha value is -3.10. The fraction of sp³-hybridized carbons (Fsp3) is 0.333. The number of nitrogens with zero attached hydrogens (tertiary/aromatic N) is 1. The minimum Gasteiger partial charge on any atom is -0.463 e. The fourth-order valence-electron chi connectivity index (χ4n) is 1.22. The van der Waals surface area contributed by atoms with Crippen LogP contribution in [0.5, 0.6) is 0 Å². The highest BCUT2D eigenvalue weighted by atomic mass is 16.6. The molecule has 1 rings (SSSR count). The van der Waals surface area contributed by atoms with Crippen molar-refractivity contribution in [3.63, 3.8) is 0 Å². The van der Waals surface area contributed by atoms with E-state index in [1.165, 1.54) is 12.3 Å². The normalized spacial score (nSPS) is 9.00. The number of carbonyl (C=O) groups is 5. The van der Waals surface area contributed by atoms with Gasteiger partial charge < -0.3 is 14.2 Å². The molecule has 24 heavy (non-hydrogen) atoms. The second-order valence-corrected chi connectivity index (χ2v) is 4.22. The van der Waals surface area contributed by atoms with Crippen LogP contribution in [0.2, 0.25) is 0 Å². The van der Waals surface area contributed by atoms with Gasteiger partial charge in [-0.05, 0) is 18.6 Å². The average Bonchev–Trinajstić information content (AvgIpc) is 2.60. The van der Waals surface area contributed by atoms with Crippen LogP contribution in [0.1, 0.15) is 22.5 Å². The third-order valence-corrected chi connectivity index (χ3v) is 2.47. The molecule has 0 amide bonds. The van der Waals surface area contributed by atoms with Gasteiger partial charge in [0.05, 0.1) is 27.8 Å². The number of pyridine rings is 1. The van der Waals surface area contributed by atoms with Crippen LogP contribution < -0.4 is 0 Å². The fourth-order valence-corrected chi connectivity index (χ4v) is 1.22. The highest BCUT2D eigenvalue weighted by molar-refractivity contribution is 6.38. The van der Waals surface area contributed by atoms with Gasteiger partial charge in [-0.15, -0.1) is 0 Å². The van der Waals surface area contributed by atoms with Crippen molar-refractivity contribution in [3.05, 3.63) is 29.6 Å². The Kier molecular flexibility index (Phi) is 9.23. The topological polar surface area (TPSA) is 126 Å². The molecule has 9 nitrogen and oxygen atoms in total. The van der Waals surface area contributed by atoms with E-state index < -0.39 is 35.9 Å². The van der Waals surface area contributed by atoms with E-state index in [0.29, 0.717) is 0 Å².